The van der Waals surface area contributed by atoms with Crippen molar-refractivity contribution in [2.45, 2.75) is 13.5 Å². The van der Waals surface area contributed by atoms with Crippen molar-refractivity contribution in [1.29, 1.82) is 0 Å². The number of aromatic nitrogens is 4. The number of methoxy groups -OCH3 is 1. The van der Waals surface area contributed by atoms with Crippen molar-refractivity contribution in [1.82, 2.24) is 20.0 Å². The zero-order valence-electron chi connectivity index (χ0n) is 9.58. The van der Waals surface area contributed by atoms with E-state index in [0.29, 0.717) is 23.5 Å². The number of pyridine rings is 1. The Morgan fingerprint density at radius 2 is 2.35 bits per heavy atom. The van der Waals surface area contributed by atoms with Crippen LogP contribution in [0.2, 0.25) is 0 Å². The third kappa shape index (κ3) is 2.32. The van der Waals surface area contributed by atoms with Crippen molar-refractivity contribution in [3.05, 3.63) is 12.3 Å². The van der Waals surface area contributed by atoms with E-state index in [1.807, 2.05) is 0 Å². The van der Waals surface area contributed by atoms with Crippen LogP contribution >= 0.6 is 0 Å². The second kappa shape index (κ2) is 4.77. The maximum absolute atomic E-state index is 11.4. The van der Waals surface area contributed by atoms with Gasteiger partial charge in [-0.1, -0.05) is 5.21 Å². The summed E-state index contributed by atoms with van der Waals surface area (Å²) < 4.78 is 11.3. The lowest BCUT2D eigenvalue weighted by Crippen LogP contribution is -2.14. The molecule has 0 aliphatic rings. The molecule has 17 heavy (non-hydrogen) atoms. The van der Waals surface area contributed by atoms with Gasteiger partial charge in [0, 0.05) is 6.07 Å². The SMILES string of the molecule is CCOC(=O)Cn1nnc2cnc(OC)cc21. The lowest BCUT2D eigenvalue weighted by molar-refractivity contribution is -0.143. The minimum absolute atomic E-state index is 0.0253. The van der Waals surface area contributed by atoms with Gasteiger partial charge < -0.3 is 9.47 Å². The molecule has 0 aliphatic heterocycles. The van der Waals surface area contributed by atoms with Crippen LogP contribution in [0.5, 0.6) is 5.88 Å². The first-order valence-corrected chi connectivity index (χ1v) is 5.13. The highest BCUT2D eigenvalue weighted by atomic mass is 16.5. The van der Waals surface area contributed by atoms with Gasteiger partial charge in [0.15, 0.2) is 0 Å². The first-order valence-electron chi connectivity index (χ1n) is 5.13. The summed E-state index contributed by atoms with van der Waals surface area (Å²) in [6.07, 6.45) is 1.54. The van der Waals surface area contributed by atoms with E-state index >= 15 is 0 Å². The van der Waals surface area contributed by atoms with Gasteiger partial charge in [-0.05, 0) is 6.92 Å². The maximum Gasteiger partial charge on any atom is 0.327 e. The van der Waals surface area contributed by atoms with Crippen LogP contribution < -0.4 is 4.74 Å². The highest BCUT2D eigenvalue weighted by molar-refractivity contribution is 5.77. The summed E-state index contributed by atoms with van der Waals surface area (Å²) >= 11 is 0. The smallest absolute Gasteiger partial charge is 0.327 e. The van der Waals surface area contributed by atoms with E-state index in [1.165, 1.54) is 11.8 Å². The number of rotatable bonds is 4. The Balaban J connectivity index is 2.30. The molecule has 2 heterocycles. The van der Waals surface area contributed by atoms with Gasteiger partial charge in [-0.2, -0.15) is 0 Å². The minimum atomic E-state index is -0.352. The van der Waals surface area contributed by atoms with Gasteiger partial charge in [-0.15, -0.1) is 5.10 Å². The van der Waals surface area contributed by atoms with Crippen molar-refractivity contribution < 1.29 is 14.3 Å². The number of hydrogen-bond acceptors (Lipinski definition) is 6. The first kappa shape index (κ1) is 11.3. The average molecular weight is 236 g/mol. The van der Waals surface area contributed by atoms with Crippen LogP contribution in [0.25, 0.3) is 11.0 Å². The molecule has 2 aromatic heterocycles. The summed E-state index contributed by atoms with van der Waals surface area (Å²) in [7, 11) is 1.52. The van der Waals surface area contributed by atoms with Gasteiger partial charge in [-0.3, -0.25) is 4.79 Å². The summed E-state index contributed by atoms with van der Waals surface area (Å²) in [4.78, 5) is 15.4. The molecule has 0 aliphatic carbocycles. The molecule has 0 saturated carbocycles. The first-order chi connectivity index (χ1) is 8.24. The predicted octanol–water partition coefficient (Wildman–Crippen LogP) is 0.398. The lowest BCUT2D eigenvalue weighted by atomic mass is 10.4. The lowest BCUT2D eigenvalue weighted by Gasteiger charge is -2.03. The van der Waals surface area contributed by atoms with Gasteiger partial charge in [-0.25, -0.2) is 9.67 Å². The summed E-state index contributed by atoms with van der Waals surface area (Å²) in [6.45, 7) is 2.12. The zero-order chi connectivity index (χ0) is 12.3. The van der Waals surface area contributed by atoms with Gasteiger partial charge in [0.2, 0.25) is 5.88 Å². The average Bonchev–Trinajstić information content (AvgIpc) is 2.72. The molecule has 0 fully saturated rings. The van der Waals surface area contributed by atoms with E-state index in [0.717, 1.165) is 0 Å². The van der Waals surface area contributed by atoms with Gasteiger partial charge >= 0.3 is 5.97 Å². The quantitative estimate of drug-likeness (QED) is 0.715. The fraction of sp³-hybridized carbons (Fsp3) is 0.400. The highest BCUT2D eigenvalue weighted by Gasteiger charge is 2.10. The number of carbonyl (C=O) groups is 1. The van der Waals surface area contributed by atoms with E-state index in [1.54, 1.807) is 19.2 Å². The standard InChI is InChI=1S/C10H12N4O3/c1-3-17-10(15)6-14-8-4-9(16-2)11-5-7(8)12-13-14/h4-5H,3,6H2,1-2H3. The molecule has 0 aromatic carbocycles. The Morgan fingerprint density at radius 1 is 1.53 bits per heavy atom. The maximum atomic E-state index is 11.4. The molecule has 90 valence electrons. The Labute approximate surface area is 97.3 Å². The molecule has 7 heteroatoms. The van der Waals surface area contributed by atoms with E-state index in [2.05, 4.69) is 15.3 Å². The van der Waals surface area contributed by atoms with E-state index in [-0.39, 0.29) is 12.5 Å². The van der Waals surface area contributed by atoms with Crippen LogP contribution in [0.4, 0.5) is 0 Å². The van der Waals surface area contributed by atoms with Crippen LogP contribution in [-0.4, -0.2) is 39.7 Å². The Kier molecular flexibility index (Phi) is 3.17. The normalized spacial score (nSPS) is 10.5. The van der Waals surface area contributed by atoms with Gasteiger partial charge in [0.25, 0.3) is 0 Å². The summed E-state index contributed by atoms with van der Waals surface area (Å²) in [6, 6.07) is 1.68. The number of ether oxygens (including phenoxy) is 2. The van der Waals surface area contributed by atoms with Crippen LogP contribution in [0.3, 0.4) is 0 Å². The second-order valence-electron chi connectivity index (χ2n) is 3.27. The molecule has 2 aromatic rings. The van der Waals surface area contributed by atoms with Crippen molar-refractivity contribution in [2.75, 3.05) is 13.7 Å². The highest BCUT2D eigenvalue weighted by Crippen LogP contribution is 2.15. The zero-order valence-corrected chi connectivity index (χ0v) is 9.58. The molecule has 0 amide bonds. The molecule has 2 rings (SSSR count). The van der Waals surface area contributed by atoms with E-state index < -0.39 is 0 Å². The Hall–Kier alpha value is -2.18. The largest absolute Gasteiger partial charge is 0.481 e. The van der Waals surface area contributed by atoms with Crippen molar-refractivity contribution >= 4 is 17.0 Å². The monoisotopic (exact) mass is 236 g/mol. The van der Waals surface area contributed by atoms with Crippen LogP contribution in [-0.2, 0) is 16.1 Å². The van der Waals surface area contributed by atoms with Crippen molar-refractivity contribution in [3.8, 4) is 5.88 Å². The number of hydrogen-bond donors (Lipinski definition) is 0. The third-order valence-corrected chi connectivity index (χ3v) is 2.17. The molecular formula is C10H12N4O3. The van der Waals surface area contributed by atoms with Crippen molar-refractivity contribution in [3.63, 3.8) is 0 Å². The van der Waals surface area contributed by atoms with Crippen molar-refractivity contribution in [2.24, 2.45) is 0 Å². The molecule has 0 bridgehead atoms. The summed E-state index contributed by atoms with van der Waals surface area (Å²) in [5.74, 6) is 0.0972. The van der Waals surface area contributed by atoms with Gasteiger partial charge in [0.05, 0.1) is 25.4 Å². The third-order valence-electron chi connectivity index (χ3n) is 2.17. The fourth-order valence-corrected chi connectivity index (χ4v) is 1.41. The summed E-state index contributed by atoms with van der Waals surface area (Å²) in [5.41, 5.74) is 1.29. The minimum Gasteiger partial charge on any atom is -0.481 e. The predicted molar refractivity (Wildman–Crippen MR) is 58.5 cm³/mol. The van der Waals surface area contributed by atoms with Crippen LogP contribution in [0, 0.1) is 0 Å². The molecule has 7 nitrogen and oxygen atoms in total. The topological polar surface area (TPSA) is 79.1 Å². The molecular weight excluding hydrogens is 224 g/mol. The Bertz CT molecular complexity index is 537. The molecule has 0 radical (unpaired) electrons. The number of fused-ring (bicyclic) bond motifs is 1. The second-order valence-corrected chi connectivity index (χ2v) is 3.27. The summed E-state index contributed by atoms with van der Waals surface area (Å²) in [5, 5.41) is 7.76. The fourth-order valence-electron chi connectivity index (χ4n) is 1.41. The molecule has 0 saturated heterocycles. The number of esters is 1. The molecule has 0 N–H and O–H groups in total. The molecule has 0 unspecified atom stereocenters. The molecule has 0 spiro atoms. The number of nitrogens with zero attached hydrogens (tertiary/aromatic N) is 4. The number of carbonyl (C=O) groups excluding carboxylic acids is 1. The Morgan fingerprint density at radius 3 is 3.06 bits per heavy atom. The van der Waals surface area contributed by atoms with Gasteiger partial charge in [0.1, 0.15) is 12.1 Å². The van der Waals surface area contributed by atoms with Crippen LogP contribution in [0.15, 0.2) is 12.3 Å². The van der Waals surface area contributed by atoms with E-state index in [9.17, 15) is 4.79 Å². The van der Waals surface area contributed by atoms with Crippen LogP contribution in [0.1, 0.15) is 6.92 Å². The molecule has 0 atom stereocenters. The van der Waals surface area contributed by atoms with E-state index in [4.69, 9.17) is 9.47 Å².